The van der Waals surface area contributed by atoms with E-state index >= 15 is 0 Å². The number of esters is 3. The predicted octanol–water partition coefficient (Wildman–Crippen LogP) is -0.852. The molecule has 0 radical (unpaired) electrons. The zero-order valence-electron chi connectivity index (χ0n) is 16.3. The first kappa shape index (κ1) is 21.1. The maximum absolute atomic E-state index is 12.6. The largest absolute Gasteiger partial charge is 0.463 e. The Kier molecular flexibility index (Phi) is 6.20. The van der Waals surface area contributed by atoms with Crippen molar-refractivity contribution in [1.82, 2.24) is 24.3 Å². The zero-order chi connectivity index (χ0) is 21.8. The topological polar surface area (TPSA) is 154 Å². The van der Waals surface area contributed by atoms with E-state index < -0.39 is 48.1 Å². The lowest BCUT2D eigenvalue weighted by molar-refractivity contribution is -0.166. The van der Waals surface area contributed by atoms with Crippen LogP contribution in [0.1, 0.15) is 27.0 Å². The lowest BCUT2D eigenvalue weighted by Crippen LogP contribution is -2.41. The molecule has 3 rings (SSSR count). The first-order chi connectivity index (χ1) is 14.3. The number of carbonyl (C=O) groups excluding carboxylic acids is 3. The van der Waals surface area contributed by atoms with Crippen molar-refractivity contribution >= 4 is 17.9 Å². The van der Waals surface area contributed by atoms with Gasteiger partial charge in [-0.05, 0) is 6.07 Å². The van der Waals surface area contributed by atoms with Gasteiger partial charge in [0, 0.05) is 27.0 Å². The summed E-state index contributed by atoms with van der Waals surface area (Å²) in [5.41, 5.74) is -0.736. The molecule has 0 aliphatic carbocycles. The van der Waals surface area contributed by atoms with E-state index in [1.54, 1.807) is 0 Å². The van der Waals surface area contributed by atoms with Crippen molar-refractivity contribution in [2.45, 2.75) is 45.3 Å². The smallest absolute Gasteiger partial charge is 0.351 e. The molecule has 0 unspecified atom stereocenters. The van der Waals surface area contributed by atoms with Crippen LogP contribution in [0.2, 0.25) is 0 Å². The van der Waals surface area contributed by atoms with E-state index in [2.05, 4.69) is 15.1 Å². The van der Waals surface area contributed by atoms with E-state index in [9.17, 15) is 19.2 Å². The quantitative estimate of drug-likeness (QED) is 0.423. The summed E-state index contributed by atoms with van der Waals surface area (Å²) in [7, 11) is 0. The molecule has 1 aliphatic rings. The summed E-state index contributed by atoms with van der Waals surface area (Å²) in [6, 6.07) is 1.48. The highest BCUT2D eigenvalue weighted by molar-refractivity contribution is 5.68. The molecule has 0 saturated carbocycles. The van der Waals surface area contributed by atoms with Crippen molar-refractivity contribution in [3.63, 3.8) is 0 Å². The molecule has 0 N–H and O–H groups in total. The number of hydrogen-bond donors (Lipinski definition) is 0. The Morgan fingerprint density at radius 1 is 1.10 bits per heavy atom. The molecule has 2 aromatic rings. The standard InChI is InChI=1S/C17H19N5O8/c1-9(23)27-6-12-14(28-10(2)24)15(29-11(3)25)16(30-12)21-5-4-13(20-17(21)26)22-8-18-7-19-22/h4-5,7-8,12,14-16H,6H2,1-3H3/t12-,14-,15+,16-/m1/s1. The van der Waals surface area contributed by atoms with Crippen molar-refractivity contribution in [3.05, 3.63) is 35.4 Å². The highest BCUT2D eigenvalue weighted by Crippen LogP contribution is 2.33. The second-order valence-corrected chi connectivity index (χ2v) is 6.33. The molecule has 13 nitrogen and oxygen atoms in total. The van der Waals surface area contributed by atoms with Crippen LogP contribution < -0.4 is 5.69 Å². The minimum absolute atomic E-state index is 0.212. The third kappa shape index (κ3) is 4.68. The summed E-state index contributed by atoms with van der Waals surface area (Å²) in [5, 5.41) is 3.90. The van der Waals surface area contributed by atoms with Crippen molar-refractivity contribution in [3.8, 4) is 5.82 Å². The van der Waals surface area contributed by atoms with E-state index in [1.165, 1.54) is 43.4 Å². The summed E-state index contributed by atoms with van der Waals surface area (Å²) < 4.78 is 23.7. The molecule has 0 aromatic carbocycles. The monoisotopic (exact) mass is 421 g/mol. The average Bonchev–Trinajstić information content (AvgIpc) is 3.29. The van der Waals surface area contributed by atoms with Crippen LogP contribution in [-0.2, 0) is 33.3 Å². The maximum atomic E-state index is 12.6. The molecule has 30 heavy (non-hydrogen) atoms. The summed E-state index contributed by atoms with van der Waals surface area (Å²) in [6.07, 6.45) is -0.426. The number of nitrogens with zero attached hydrogens (tertiary/aromatic N) is 5. The van der Waals surface area contributed by atoms with Crippen LogP contribution in [0.15, 0.2) is 29.7 Å². The van der Waals surface area contributed by atoms with Gasteiger partial charge >= 0.3 is 23.6 Å². The summed E-state index contributed by atoms with van der Waals surface area (Å²) in [4.78, 5) is 54.8. The number of carbonyl (C=O) groups is 3. The molecule has 0 spiro atoms. The van der Waals surface area contributed by atoms with Gasteiger partial charge in [0.15, 0.2) is 24.3 Å². The molecule has 0 amide bonds. The lowest BCUT2D eigenvalue weighted by Gasteiger charge is -2.23. The number of ether oxygens (including phenoxy) is 4. The van der Waals surface area contributed by atoms with Crippen LogP contribution in [0.25, 0.3) is 5.82 Å². The summed E-state index contributed by atoms with van der Waals surface area (Å²) in [6.45, 7) is 3.26. The molecule has 1 saturated heterocycles. The Morgan fingerprint density at radius 3 is 2.37 bits per heavy atom. The molecule has 0 bridgehead atoms. The number of aromatic nitrogens is 5. The predicted molar refractivity (Wildman–Crippen MR) is 95.1 cm³/mol. The Balaban J connectivity index is 1.96. The van der Waals surface area contributed by atoms with Gasteiger partial charge in [-0.25, -0.2) is 14.5 Å². The Labute approximate surface area is 169 Å². The van der Waals surface area contributed by atoms with Gasteiger partial charge in [0.05, 0.1) is 0 Å². The van der Waals surface area contributed by atoms with Gasteiger partial charge in [-0.1, -0.05) is 0 Å². The van der Waals surface area contributed by atoms with Crippen molar-refractivity contribution in [2.24, 2.45) is 0 Å². The van der Waals surface area contributed by atoms with Crippen molar-refractivity contribution in [2.75, 3.05) is 6.61 Å². The van der Waals surface area contributed by atoms with Crippen molar-refractivity contribution < 1.29 is 33.3 Å². The highest BCUT2D eigenvalue weighted by Gasteiger charge is 2.50. The van der Waals surface area contributed by atoms with Crippen LogP contribution in [0, 0.1) is 0 Å². The summed E-state index contributed by atoms with van der Waals surface area (Å²) in [5.74, 6) is -1.71. The zero-order valence-corrected chi connectivity index (χ0v) is 16.3. The molecule has 1 fully saturated rings. The van der Waals surface area contributed by atoms with Crippen molar-refractivity contribution in [1.29, 1.82) is 0 Å². The number of hydrogen-bond acceptors (Lipinski definition) is 11. The van der Waals surface area contributed by atoms with Gasteiger partial charge in [-0.3, -0.25) is 19.0 Å². The van der Waals surface area contributed by atoms with Crippen LogP contribution in [0.5, 0.6) is 0 Å². The normalized spacial score (nSPS) is 23.0. The third-order valence-electron chi connectivity index (χ3n) is 4.08. The van der Waals surface area contributed by atoms with E-state index in [-0.39, 0.29) is 12.4 Å². The minimum atomic E-state index is -1.18. The van der Waals surface area contributed by atoms with Gasteiger partial charge in [0.25, 0.3) is 0 Å². The van der Waals surface area contributed by atoms with E-state index in [0.29, 0.717) is 0 Å². The van der Waals surface area contributed by atoms with E-state index in [4.69, 9.17) is 18.9 Å². The van der Waals surface area contributed by atoms with Gasteiger partial charge in [0.2, 0.25) is 0 Å². The Morgan fingerprint density at radius 2 is 1.80 bits per heavy atom. The fourth-order valence-electron chi connectivity index (χ4n) is 2.97. The van der Waals surface area contributed by atoms with Gasteiger partial charge in [0.1, 0.15) is 25.4 Å². The second kappa shape index (κ2) is 8.82. The number of rotatable bonds is 6. The molecule has 2 aromatic heterocycles. The molecule has 1 aliphatic heterocycles. The maximum Gasteiger partial charge on any atom is 0.351 e. The minimum Gasteiger partial charge on any atom is -0.463 e. The van der Waals surface area contributed by atoms with E-state index in [1.807, 2.05) is 0 Å². The fraction of sp³-hybridized carbons (Fsp3) is 0.471. The fourth-order valence-corrected chi connectivity index (χ4v) is 2.97. The molecule has 3 heterocycles. The van der Waals surface area contributed by atoms with Gasteiger partial charge in [-0.15, -0.1) is 0 Å². The van der Waals surface area contributed by atoms with Crippen LogP contribution in [0.4, 0.5) is 0 Å². The van der Waals surface area contributed by atoms with Crippen LogP contribution in [0.3, 0.4) is 0 Å². The first-order valence-corrected chi connectivity index (χ1v) is 8.83. The van der Waals surface area contributed by atoms with Crippen LogP contribution >= 0.6 is 0 Å². The van der Waals surface area contributed by atoms with Crippen LogP contribution in [-0.4, -0.2) is 67.1 Å². The van der Waals surface area contributed by atoms with Gasteiger partial charge in [-0.2, -0.15) is 10.1 Å². The lowest BCUT2D eigenvalue weighted by atomic mass is 10.1. The second-order valence-electron chi connectivity index (χ2n) is 6.33. The van der Waals surface area contributed by atoms with Gasteiger partial charge < -0.3 is 18.9 Å². The average molecular weight is 421 g/mol. The molecule has 4 atom stereocenters. The Hall–Kier alpha value is -3.61. The molecular weight excluding hydrogens is 402 g/mol. The third-order valence-corrected chi connectivity index (χ3v) is 4.08. The van der Waals surface area contributed by atoms with E-state index in [0.717, 1.165) is 11.5 Å². The summed E-state index contributed by atoms with van der Waals surface area (Å²) >= 11 is 0. The molecule has 160 valence electrons. The molecular formula is C17H19N5O8. The molecule has 13 heteroatoms. The first-order valence-electron chi connectivity index (χ1n) is 8.83. The SMILES string of the molecule is CC(=O)OC[C@H]1O[C@@H](n2ccc(-n3cncn3)nc2=O)[C@@H](OC(C)=O)[C@@H]1OC(C)=O. The Bertz CT molecular complexity index is 988. The highest BCUT2D eigenvalue weighted by atomic mass is 16.7.